The molecule has 0 unspecified atom stereocenters. The number of nitrogens with one attached hydrogen (secondary N) is 1. The van der Waals surface area contributed by atoms with Gasteiger partial charge in [0.2, 0.25) is 0 Å². The number of nitriles is 1. The molecular formula is C20H17N3O2. The van der Waals surface area contributed by atoms with Crippen molar-refractivity contribution in [1.29, 1.82) is 5.26 Å². The molecule has 0 saturated carbocycles. The van der Waals surface area contributed by atoms with Gasteiger partial charge in [-0.25, -0.2) is 0 Å². The Morgan fingerprint density at radius 2 is 1.96 bits per heavy atom. The minimum Gasteiger partial charge on any atom is -0.508 e. The van der Waals surface area contributed by atoms with E-state index in [1.54, 1.807) is 18.2 Å². The fraction of sp³-hybridized carbons (Fsp3) is 0.100. The van der Waals surface area contributed by atoms with Crippen molar-refractivity contribution in [2.45, 2.75) is 13.5 Å². The molecule has 0 radical (unpaired) electrons. The third kappa shape index (κ3) is 3.38. The predicted molar refractivity (Wildman–Crippen MR) is 97.9 cm³/mol. The minimum atomic E-state index is -0.485. The van der Waals surface area contributed by atoms with Gasteiger partial charge in [0.05, 0.1) is 0 Å². The van der Waals surface area contributed by atoms with Crippen LogP contribution >= 0.6 is 0 Å². The van der Waals surface area contributed by atoms with Crippen LogP contribution in [0.1, 0.15) is 12.5 Å². The number of benzene rings is 2. The Bertz CT molecular complexity index is 992. The summed E-state index contributed by atoms with van der Waals surface area (Å²) in [5.74, 6) is -0.372. The summed E-state index contributed by atoms with van der Waals surface area (Å²) < 4.78 is 2.08. The number of rotatable bonds is 4. The predicted octanol–water partition coefficient (Wildman–Crippen LogP) is 3.91. The van der Waals surface area contributed by atoms with Crippen molar-refractivity contribution in [2.24, 2.45) is 0 Å². The van der Waals surface area contributed by atoms with Crippen LogP contribution in [-0.4, -0.2) is 15.6 Å². The van der Waals surface area contributed by atoms with E-state index in [9.17, 15) is 15.2 Å². The number of para-hydroxylation sites is 1. The molecule has 1 heterocycles. The van der Waals surface area contributed by atoms with Crippen LogP contribution in [0.15, 0.2) is 60.3 Å². The lowest BCUT2D eigenvalue weighted by Gasteiger charge is -2.04. The second-order valence-corrected chi connectivity index (χ2v) is 5.56. The maximum absolute atomic E-state index is 12.4. The molecule has 5 nitrogen and oxygen atoms in total. The standard InChI is InChI=1S/C20H17N3O2/c1-2-23-13-15(18-5-3-4-6-19(18)23)11-14(12-21)20(25)22-16-7-9-17(24)10-8-16/h3-11,13,24H,2H2,1H3,(H,22,25)/b14-11+. The smallest absolute Gasteiger partial charge is 0.266 e. The molecule has 1 aromatic heterocycles. The zero-order chi connectivity index (χ0) is 17.8. The molecule has 5 heteroatoms. The second kappa shape index (κ2) is 6.93. The van der Waals surface area contributed by atoms with Gasteiger partial charge in [-0.15, -0.1) is 0 Å². The number of fused-ring (bicyclic) bond motifs is 1. The Labute approximate surface area is 145 Å². The molecule has 25 heavy (non-hydrogen) atoms. The number of phenols is 1. The molecule has 0 aliphatic heterocycles. The number of anilines is 1. The average Bonchev–Trinajstić information content (AvgIpc) is 2.99. The van der Waals surface area contributed by atoms with Crippen molar-refractivity contribution in [3.8, 4) is 11.8 Å². The van der Waals surface area contributed by atoms with E-state index in [0.29, 0.717) is 5.69 Å². The molecule has 0 bridgehead atoms. The summed E-state index contributed by atoms with van der Waals surface area (Å²) in [5.41, 5.74) is 2.43. The van der Waals surface area contributed by atoms with Crippen LogP contribution in [0.2, 0.25) is 0 Å². The summed E-state index contributed by atoms with van der Waals surface area (Å²) in [6, 6.07) is 15.9. The highest BCUT2D eigenvalue weighted by Gasteiger charge is 2.12. The Morgan fingerprint density at radius 3 is 2.64 bits per heavy atom. The van der Waals surface area contributed by atoms with E-state index in [2.05, 4.69) is 9.88 Å². The molecule has 0 aliphatic rings. The van der Waals surface area contributed by atoms with Crippen LogP contribution < -0.4 is 5.32 Å². The van der Waals surface area contributed by atoms with E-state index < -0.39 is 5.91 Å². The van der Waals surface area contributed by atoms with Crippen molar-refractivity contribution in [1.82, 2.24) is 4.57 Å². The first-order chi connectivity index (χ1) is 12.1. The molecule has 0 aliphatic carbocycles. The SMILES string of the molecule is CCn1cc(/C=C(\C#N)C(=O)Nc2ccc(O)cc2)c2ccccc21. The van der Waals surface area contributed by atoms with Gasteiger partial charge in [-0.05, 0) is 43.3 Å². The number of aryl methyl sites for hydroxylation is 1. The van der Waals surface area contributed by atoms with Gasteiger partial charge in [0.15, 0.2) is 0 Å². The lowest BCUT2D eigenvalue weighted by Crippen LogP contribution is -2.13. The number of phenolic OH excluding ortho intramolecular Hbond substituents is 1. The summed E-state index contributed by atoms with van der Waals surface area (Å²) in [4.78, 5) is 12.4. The van der Waals surface area contributed by atoms with Gasteiger partial charge in [-0.3, -0.25) is 4.79 Å². The number of aromatic hydroxyl groups is 1. The van der Waals surface area contributed by atoms with Gasteiger partial charge < -0.3 is 15.0 Å². The fourth-order valence-electron chi connectivity index (χ4n) is 2.70. The highest BCUT2D eigenvalue weighted by Crippen LogP contribution is 2.24. The number of aromatic nitrogens is 1. The zero-order valence-corrected chi connectivity index (χ0v) is 13.7. The van der Waals surface area contributed by atoms with Crippen LogP contribution in [0, 0.1) is 11.3 Å². The van der Waals surface area contributed by atoms with Crippen LogP contribution in [0.25, 0.3) is 17.0 Å². The highest BCUT2D eigenvalue weighted by molar-refractivity contribution is 6.10. The minimum absolute atomic E-state index is 0.0204. The number of amides is 1. The molecular weight excluding hydrogens is 314 g/mol. The van der Waals surface area contributed by atoms with E-state index in [0.717, 1.165) is 23.0 Å². The lowest BCUT2D eigenvalue weighted by molar-refractivity contribution is -0.112. The summed E-state index contributed by atoms with van der Waals surface area (Å²) in [6.07, 6.45) is 3.54. The lowest BCUT2D eigenvalue weighted by atomic mass is 10.1. The normalized spacial score (nSPS) is 11.3. The van der Waals surface area contributed by atoms with Gasteiger partial charge in [-0.2, -0.15) is 5.26 Å². The largest absolute Gasteiger partial charge is 0.508 e. The van der Waals surface area contributed by atoms with Crippen LogP contribution in [0.5, 0.6) is 5.75 Å². The Kier molecular flexibility index (Phi) is 4.53. The first-order valence-corrected chi connectivity index (χ1v) is 7.92. The summed E-state index contributed by atoms with van der Waals surface area (Å²) in [6.45, 7) is 2.85. The molecule has 1 amide bonds. The third-order valence-corrected chi connectivity index (χ3v) is 3.95. The van der Waals surface area contributed by atoms with Crippen LogP contribution in [0.4, 0.5) is 5.69 Å². The number of nitrogens with zero attached hydrogens (tertiary/aromatic N) is 2. The van der Waals surface area contributed by atoms with Crippen molar-refractivity contribution in [3.05, 3.63) is 65.9 Å². The molecule has 0 spiro atoms. The van der Waals surface area contributed by atoms with E-state index in [1.807, 2.05) is 43.5 Å². The van der Waals surface area contributed by atoms with E-state index in [4.69, 9.17) is 0 Å². The number of hydrogen-bond acceptors (Lipinski definition) is 3. The topological polar surface area (TPSA) is 78.0 Å². The number of hydrogen-bond donors (Lipinski definition) is 2. The molecule has 0 fully saturated rings. The molecule has 0 saturated heterocycles. The molecule has 124 valence electrons. The van der Waals surface area contributed by atoms with Crippen molar-refractivity contribution < 1.29 is 9.90 Å². The van der Waals surface area contributed by atoms with Gasteiger partial charge in [-0.1, -0.05) is 18.2 Å². The Balaban J connectivity index is 1.94. The molecule has 3 rings (SSSR count). The van der Waals surface area contributed by atoms with Gasteiger partial charge >= 0.3 is 0 Å². The molecule has 3 aromatic rings. The van der Waals surface area contributed by atoms with Crippen molar-refractivity contribution >= 4 is 28.6 Å². The first-order valence-electron chi connectivity index (χ1n) is 7.92. The average molecular weight is 331 g/mol. The van der Waals surface area contributed by atoms with Crippen molar-refractivity contribution in [2.75, 3.05) is 5.32 Å². The Morgan fingerprint density at radius 1 is 1.24 bits per heavy atom. The molecule has 2 N–H and O–H groups in total. The zero-order valence-electron chi connectivity index (χ0n) is 13.7. The van der Waals surface area contributed by atoms with Crippen LogP contribution in [-0.2, 0) is 11.3 Å². The fourth-order valence-corrected chi connectivity index (χ4v) is 2.70. The van der Waals surface area contributed by atoms with Crippen molar-refractivity contribution in [3.63, 3.8) is 0 Å². The van der Waals surface area contributed by atoms with Gasteiger partial charge in [0, 0.05) is 34.9 Å². The van der Waals surface area contributed by atoms with Gasteiger partial charge in [0.1, 0.15) is 17.4 Å². The summed E-state index contributed by atoms with van der Waals surface area (Å²) in [5, 5.41) is 22.3. The van der Waals surface area contributed by atoms with E-state index in [-0.39, 0.29) is 11.3 Å². The monoisotopic (exact) mass is 331 g/mol. The maximum Gasteiger partial charge on any atom is 0.266 e. The third-order valence-electron chi connectivity index (χ3n) is 3.95. The van der Waals surface area contributed by atoms with Gasteiger partial charge in [0.25, 0.3) is 5.91 Å². The van der Waals surface area contributed by atoms with E-state index in [1.165, 1.54) is 12.1 Å². The highest BCUT2D eigenvalue weighted by atomic mass is 16.3. The number of carbonyl (C=O) groups is 1. The first kappa shape index (κ1) is 16.3. The maximum atomic E-state index is 12.4. The Hall–Kier alpha value is -3.52. The second-order valence-electron chi connectivity index (χ2n) is 5.56. The number of carbonyl (C=O) groups excluding carboxylic acids is 1. The molecule has 2 aromatic carbocycles. The van der Waals surface area contributed by atoms with E-state index >= 15 is 0 Å². The summed E-state index contributed by atoms with van der Waals surface area (Å²) in [7, 11) is 0. The van der Waals surface area contributed by atoms with Crippen LogP contribution in [0.3, 0.4) is 0 Å². The quantitative estimate of drug-likeness (QED) is 0.432. The summed E-state index contributed by atoms with van der Waals surface area (Å²) >= 11 is 0. The molecule has 0 atom stereocenters.